The molecule has 0 unspecified atom stereocenters. The van der Waals surface area contributed by atoms with Gasteiger partial charge in [0.2, 0.25) is 5.91 Å². The molecule has 1 aliphatic heterocycles. The average Bonchev–Trinajstić information content (AvgIpc) is 2.92. The lowest BCUT2D eigenvalue weighted by atomic mass is 10.1. The molecule has 0 fully saturated rings. The number of amides is 1. The van der Waals surface area contributed by atoms with E-state index in [1.54, 1.807) is 11.3 Å². The van der Waals surface area contributed by atoms with Crippen molar-refractivity contribution < 1.29 is 4.79 Å². The molecule has 3 heterocycles. The SMILES string of the molecule is CCNc1cc2c(nn1)CCN(C(=O)Cc1ccc(C)s1)C2. The lowest BCUT2D eigenvalue weighted by Gasteiger charge is -2.28. The summed E-state index contributed by atoms with van der Waals surface area (Å²) in [4.78, 5) is 16.8. The van der Waals surface area contributed by atoms with Crippen LogP contribution in [-0.4, -0.2) is 34.1 Å². The van der Waals surface area contributed by atoms with E-state index in [0.717, 1.165) is 41.5 Å². The van der Waals surface area contributed by atoms with E-state index in [9.17, 15) is 4.79 Å². The number of anilines is 1. The van der Waals surface area contributed by atoms with Crippen molar-refractivity contribution in [2.75, 3.05) is 18.4 Å². The second-order valence-electron chi connectivity index (χ2n) is 5.49. The van der Waals surface area contributed by atoms with E-state index in [4.69, 9.17) is 0 Å². The van der Waals surface area contributed by atoms with E-state index in [0.29, 0.717) is 13.0 Å². The molecule has 22 heavy (non-hydrogen) atoms. The van der Waals surface area contributed by atoms with Gasteiger partial charge >= 0.3 is 0 Å². The van der Waals surface area contributed by atoms with Crippen LogP contribution in [0.3, 0.4) is 0 Å². The molecule has 0 aromatic carbocycles. The Morgan fingerprint density at radius 3 is 3.00 bits per heavy atom. The van der Waals surface area contributed by atoms with Crippen LogP contribution in [0, 0.1) is 6.92 Å². The van der Waals surface area contributed by atoms with Gasteiger partial charge in [0.1, 0.15) is 5.82 Å². The quantitative estimate of drug-likeness (QED) is 0.941. The predicted molar refractivity (Wildman–Crippen MR) is 88.1 cm³/mol. The van der Waals surface area contributed by atoms with Gasteiger partial charge in [-0.2, -0.15) is 5.10 Å². The van der Waals surface area contributed by atoms with Crippen molar-refractivity contribution in [3.05, 3.63) is 39.2 Å². The largest absolute Gasteiger partial charge is 0.369 e. The highest BCUT2D eigenvalue weighted by Crippen LogP contribution is 2.21. The summed E-state index contributed by atoms with van der Waals surface area (Å²) in [5.74, 6) is 0.971. The van der Waals surface area contributed by atoms with Crippen LogP contribution in [0.2, 0.25) is 0 Å². The molecule has 2 aromatic rings. The number of nitrogens with zero attached hydrogens (tertiary/aromatic N) is 3. The van der Waals surface area contributed by atoms with Crippen LogP contribution in [0.5, 0.6) is 0 Å². The Balaban J connectivity index is 1.69. The summed E-state index contributed by atoms with van der Waals surface area (Å²) in [6, 6.07) is 6.13. The predicted octanol–water partition coefficient (Wildman–Crippen LogP) is 2.41. The molecule has 2 aromatic heterocycles. The first kappa shape index (κ1) is 15.0. The van der Waals surface area contributed by atoms with Gasteiger partial charge in [0.25, 0.3) is 0 Å². The molecule has 1 N–H and O–H groups in total. The molecule has 116 valence electrons. The van der Waals surface area contributed by atoms with Gasteiger partial charge in [-0.3, -0.25) is 4.79 Å². The fourth-order valence-electron chi connectivity index (χ4n) is 2.65. The minimum atomic E-state index is 0.189. The third kappa shape index (κ3) is 3.27. The summed E-state index contributed by atoms with van der Waals surface area (Å²) >= 11 is 1.69. The van der Waals surface area contributed by atoms with Crippen molar-refractivity contribution in [2.45, 2.75) is 33.2 Å². The number of carbonyl (C=O) groups is 1. The lowest BCUT2D eigenvalue weighted by molar-refractivity contribution is -0.131. The number of fused-ring (bicyclic) bond motifs is 1. The zero-order valence-electron chi connectivity index (χ0n) is 12.9. The third-order valence-corrected chi connectivity index (χ3v) is 4.77. The van der Waals surface area contributed by atoms with Crippen LogP contribution in [0.25, 0.3) is 0 Å². The normalized spacial score (nSPS) is 13.8. The molecule has 0 radical (unpaired) electrons. The van der Waals surface area contributed by atoms with Gasteiger partial charge in [0.05, 0.1) is 12.1 Å². The lowest BCUT2D eigenvalue weighted by Crippen LogP contribution is -2.37. The zero-order valence-corrected chi connectivity index (χ0v) is 13.7. The van der Waals surface area contributed by atoms with Gasteiger partial charge in [0, 0.05) is 35.8 Å². The fourth-order valence-corrected chi connectivity index (χ4v) is 3.53. The Morgan fingerprint density at radius 1 is 1.41 bits per heavy atom. The number of aromatic nitrogens is 2. The van der Waals surface area contributed by atoms with E-state index in [-0.39, 0.29) is 5.91 Å². The molecular weight excluding hydrogens is 296 g/mol. The van der Waals surface area contributed by atoms with Crippen LogP contribution in [0.4, 0.5) is 5.82 Å². The second-order valence-corrected chi connectivity index (χ2v) is 6.86. The minimum absolute atomic E-state index is 0.189. The number of rotatable bonds is 4. The monoisotopic (exact) mass is 316 g/mol. The molecule has 1 aliphatic rings. The van der Waals surface area contributed by atoms with Crippen molar-refractivity contribution in [1.82, 2.24) is 15.1 Å². The number of hydrogen-bond acceptors (Lipinski definition) is 5. The van der Waals surface area contributed by atoms with Crippen LogP contribution in [0.1, 0.15) is 27.9 Å². The van der Waals surface area contributed by atoms with Gasteiger partial charge in [0.15, 0.2) is 0 Å². The standard InChI is InChI=1S/C16H20N4OS/c1-3-17-15-8-12-10-20(7-6-14(12)18-19-15)16(21)9-13-5-4-11(2)22-13/h4-5,8H,3,6-7,9-10H2,1-2H3,(H,17,19). The molecule has 0 saturated carbocycles. The fraction of sp³-hybridized carbons (Fsp3) is 0.438. The third-order valence-electron chi connectivity index (χ3n) is 3.77. The molecular formula is C16H20N4OS. The second kappa shape index (κ2) is 6.44. The van der Waals surface area contributed by atoms with Gasteiger partial charge in [-0.1, -0.05) is 0 Å². The topological polar surface area (TPSA) is 58.1 Å². The van der Waals surface area contributed by atoms with Gasteiger partial charge in [-0.05, 0) is 37.6 Å². The number of thiophene rings is 1. The summed E-state index contributed by atoms with van der Waals surface area (Å²) in [5.41, 5.74) is 2.12. The van der Waals surface area contributed by atoms with Gasteiger partial charge in [-0.25, -0.2) is 0 Å². The molecule has 0 atom stereocenters. The molecule has 0 aliphatic carbocycles. The Hall–Kier alpha value is -1.95. The number of nitrogens with one attached hydrogen (secondary N) is 1. The highest BCUT2D eigenvalue weighted by atomic mass is 32.1. The van der Waals surface area contributed by atoms with Crippen LogP contribution < -0.4 is 5.32 Å². The van der Waals surface area contributed by atoms with Crippen LogP contribution in [0.15, 0.2) is 18.2 Å². The molecule has 0 bridgehead atoms. The maximum atomic E-state index is 12.5. The molecule has 1 amide bonds. The highest BCUT2D eigenvalue weighted by molar-refractivity contribution is 7.12. The van der Waals surface area contributed by atoms with Gasteiger partial charge in [-0.15, -0.1) is 16.4 Å². The molecule has 5 nitrogen and oxygen atoms in total. The van der Waals surface area contributed by atoms with Crippen molar-refractivity contribution in [2.24, 2.45) is 0 Å². The molecule has 0 saturated heterocycles. The Morgan fingerprint density at radius 2 is 2.27 bits per heavy atom. The van der Waals surface area contributed by atoms with E-state index in [2.05, 4.69) is 28.5 Å². The smallest absolute Gasteiger partial charge is 0.228 e. The van der Waals surface area contributed by atoms with Crippen LogP contribution >= 0.6 is 11.3 Å². The first-order valence-corrected chi connectivity index (χ1v) is 8.40. The van der Waals surface area contributed by atoms with E-state index in [1.807, 2.05) is 24.0 Å². The van der Waals surface area contributed by atoms with E-state index < -0.39 is 0 Å². The van der Waals surface area contributed by atoms with Crippen molar-refractivity contribution in [3.63, 3.8) is 0 Å². The summed E-state index contributed by atoms with van der Waals surface area (Å²) in [5, 5.41) is 11.6. The minimum Gasteiger partial charge on any atom is -0.369 e. The van der Waals surface area contributed by atoms with E-state index in [1.165, 1.54) is 4.88 Å². The molecule has 0 spiro atoms. The summed E-state index contributed by atoms with van der Waals surface area (Å²) in [6.45, 7) is 6.27. The van der Waals surface area contributed by atoms with Crippen molar-refractivity contribution in [3.8, 4) is 0 Å². The number of aryl methyl sites for hydroxylation is 1. The number of hydrogen-bond donors (Lipinski definition) is 1. The molecule has 3 rings (SSSR count). The zero-order chi connectivity index (χ0) is 15.5. The summed E-state index contributed by atoms with van der Waals surface area (Å²) in [6.07, 6.45) is 1.27. The Labute approximate surface area is 134 Å². The summed E-state index contributed by atoms with van der Waals surface area (Å²) in [7, 11) is 0. The Kier molecular flexibility index (Phi) is 4.38. The summed E-state index contributed by atoms with van der Waals surface area (Å²) < 4.78 is 0. The van der Waals surface area contributed by atoms with Gasteiger partial charge < -0.3 is 10.2 Å². The molecule has 6 heteroatoms. The first-order chi connectivity index (χ1) is 10.7. The average molecular weight is 316 g/mol. The highest BCUT2D eigenvalue weighted by Gasteiger charge is 2.22. The Bertz CT molecular complexity index is 683. The first-order valence-electron chi connectivity index (χ1n) is 7.58. The van der Waals surface area contributed by atoms with Crippen molar-refractivity contribution >= 4 is 23.1 Å². The van der Waals surface area contributed by atoms with Crippen LogP contribution in [-0.2, 0) is 24.2 Å². The van der Waals surface area contributed by atoms with E-state index >= 15 is 0 Å². The maximum Gasteiger partial charge on any atom is 0.228 e. The maximum absolute atomic E-state index is 12.5. The van der Waals surface area contributed by atoms with Crippen molar-refractivity contribution in [1.29, 1.82) is 0 Å². The number of carbonyl (C=O) groups excluding carboxylic acids is 1.